The quantitative estimate of drug-likeness (QED) is 0.202. The van der Waals surface area contributed by atoms with Crippen LogP contribution in [0.1, 0.15) is 31.9 Å². The summed E-state index contributed by atoms with van der Waals surface area (Å²) >= 11 is 9.82. The summed E-state index contributed by atoms with van der Waals surface area (Å²) in [6, 6.07) is 6.27. The van der Waals surface area contributed by atoms with E-state index >= 15 is 0 Å². The van der Waals surface area contributed by atoms with Crippen molar-refractivity contribution in [2.45, 2.75) is 51.5 Å². The summed E-state index contributed by atoms with van der Waals surface area (Å²) in [6.07, 6.45) is -2.44. The molecule has 2 heterocycles. The summed E-state index contributed by atoms with van der Waals surface area (Å²) in [7, 11) is -2.23. The van der Waals surface area contributed by atoms with Crippen molar-refractivity contribution in [1.29, 1.82) is 0 Å². The fraction of sp³-hybridized carbons (Fsp3) is 0.364. The third-order valence-corrected chi connectivity index (χ3v) is 10.9. The second-order valence-corrected chi connectivity index (χ2v) is 15.3. The predicted molar refractivity (Wildman–Crippen MR) is 132 cm³/mol. The third kappa shape index (κ3) is 5.91. The zero-order valence-electron chi connectivity index (χ0n) is 18.9. The van der Waals surface area contributed by atoms with Crippen molar-refractivity contribution in [3.05, 3.63) is 57.3 Å². The maximum atomic E-state index is 13.3. The highest BCUT2D eigenvalue weighted by molar-refractivity contribution is 9.10. The van der Waals surface area contributed by atoms with Gasteiger partial charge in [-0.25, -0.2) is 9.51 Å². The molecule has 0 aliphatic carbocycles. The molecule has 2 N–H and O–H groups in total. The number of aliphatic imine (C=N–C) groups is 1. The number of nitrogens with zero attached hydrogens (tertiary/aromatic N) is 3. The summed E-state index contributed by atoms with van der Waals surface area (Å²) in [5, 5.41) is 4.43. The highest BCUT2D eigenvalue weighted by Crippen LogP contribution is 2.39. The lowest BCUT2D eigenvalue weighted by Crippen LogP contribution is -2.43. The van der Waals surface area contributed by atoms with Gasteiger partial charge in [-0.15, -0.1) is 0 Å². The standard InChI is InChI=1S/C22H25BrClF3N4OSi/c1-21(2,3)33(4,5)32-15-6-7-17(13(8-15)10-22(25,26)27)30-20(28)16-11-29-31-12-14(23)9-18(31)19(16)24/h6-9,11-12H,10H2,1-5H3,(H2,28,30). The number of fused-ring (bicyclic) bond motifs is 1. The Bertz CT molecular complexity index is 1220. The van der Waals surface area contributed by atoms with Gasteiger partial charge in [0.1, 0.15) is 11.6 Å². The normalized spacial score (nSPS) is 13.6. The Balaban J connectivity index is 2.04. The molecule has 0 aliphatic rings. The molecule has 0 unspecified atom stereocenters. The van der Waals surface area contributed by atoms with Gasteiger partial charge in [-0.3, -0.25) is 0 Å². The van der Waals surface area contributed by atoms with Crippen LogP contribution in [-0.2, 0) is 6.42 Å². The molecule has 0 saturated heterocycles. The number of rotatable bonds is 5. The second kappa shape index (κ2) is 8.96. The summed E-state index contributed by atoms with van der Waals surface area (Å²) in [4.78, 5) is 4.28. The molecule has 0 bridgehead atoms. The molecular weight excluding hydrogens is 537 g/mol. The zero-order valence-corrected chi connectivity index (χ0v) is 22.2. The molecular formula is C22H25BrClF3N4OSi. The molecule has 33 heavy (non-hydrogen) atoms. The van der Waals surface area contributed by atoms with Gasteiger partial charge in [0.05, 0.1) is 34.4 Å². The van der Waals surface area contributed by atoms with Crippen molar-refractivity contribution in [2.75, 3.05) is 0 Å². The minimum Gasteiger partial charge on any atom is -0.543 e. The average Bonchev–Trinajstić information content (AvgIpc) is 3.03. The molecule has 3 rings (SSSR count). The topological polar surface area (TPSA) is 64.9 Å². The van der Waals surface area contributed by atoms with E-state index in [2.05, 4.69) is 46.8 Å². The van der Waals surface area contributed by atoms with Crippen LogP contribution >= 0.6 is 27.5 Å². The molecule has 11 heteroatoms. The Hall–Kier alpha value is -2.04. The molecule has 0 fully saturated rings. The highest BCUT2D eigenvalue weighted by Gasteiger charge is 2.39. The van der Waals surface area contributed by atoms with Gasteiger partial charge in [0.2, 0.25) is 8.32 Å². The van der Waals surface area contributed by atoms with Crippen molar-refractivity contribution in [1.82, 2.24) is 9.61 Å². The van der Waals surface area contributed by atoms with E-state index in [1.165, 1.54) is 18.3 Å². The molecule has 0 saturated carbocycles. The first-order valence-electron chi connectivity index (χ1n) is 10.1. The second-order valence-electron chi connectivity index (χ2n) is 9.30. The Morgan fingerprint density at radius 3 is 2.52 bits per heavy atom. The monoisotopic (exact) mass is 560 g/mol. The first-order valence-corrected chi connectivity index (χ1v) is 14.2. The molecule has 0 amide bonds. The van der Waals surface area contributed by atoms with Crippen LogP contribution in [0.25, 0.3) is 5.52 Å². The van der Waals surface area contributed by atoms with Crippen molar-refractivity contribution in [3.8, 4) is 5.75 Å². The van der Waals surface area contributed by atoms with Gasteiger partial charge in [0, 0.05) is 10.7 Å². The van der Waals surface area contributed by atoms with Crippen LogP contribution in [0.5, 0.6) is 5.75 Å². The summed E-state index contributed by atoms with van der Waals surface area (Å²) in [5.74, 6) is 0.353. The Morgan fingerprint density at radius 1 is 1.24 bits per heavy atom. The van der Waals surface area contributed by atoms with Crippen molar-refractivity contribution < 1.29 is 17.6 Å². The number of benzene rings is 1. The molecule has 2 aromatic heterocycles. The Morgan fingerprint density at radius 2 is 1.91 bits per heavy atom. The SMILES string of the molecule is CC(C)(C)[Si](C)(C)Oc1ccc(/N=C(\N)c2cnn3cc(Br)cc3c2Cl)c(CC(F)(F)F)c1. The van der Waals surface area contributed by atoms with Crippen LogP contribution in [0.3, 0.4) is 0 Å². The maximum absolute atomic E-state index is 13.3. The van der Waals surface area contributed by atoms with Crippen LogP contribution in [0.4, 0.5) is 18.9 Å². The highest BCUT2D eigenvalue weighted by atomic mass is 79.9. The van der Waals surface area contributed by atoms with Gasteiger partial charge in [-0.2, -0.15) is 18.3 Å². The van der Waals surface area contributed by atoms with E-state index in [-0.39, 0.29) is 22.1 Å². The van der Waals surface area contributed by atoms with E-state index in [1.807, 2.05) is 13.1 Å². The number of hydrogen-bond donors (Lipinski definition) is 1. The number of aromatic nitrogens is 2. The predicted octanol–water partition coefficient (Wildman–Crippen LogP) is 7.28. The lowest BCUT2D eigenvalue weighted by Gasteiger charge is -2.36. The Kier molecular flexibility index (Phi) is 6.94. The van der Waals surface area contributed by atoms with Crippen molar-refractivity contribution in [3.63, 3.8) is 0 Å². The molecule has 5 nitrogen and oxygen atoms in total. The van der Waals surface area contributed by atoms with Gasteiger partial charge >= 0.3 is 6.18 Å². The third-order valence-electron chi connectivity index (χ3n) is 5.68. The summed E-state index contributed by atoms with van der Waals surface area (Å²) in [6.45, 7) is 10.3. The van der Waals surface area contributed by atoms with Gasteiger partial charge in [-0.05, 0) is 63.9 Å². The maximum Gasteiger partial charge on any atom is 0.393 e. The number of hydrogen-bond acceptors (Lipinski definition) is 3. The van der Waals surface area contributed by atoms with Crippen LogP contribution in [0.15, 0.2) is 46.1 Å². The number of alkyl halides is 3. The van der Waals surface area contributed by atoms with Gasteiger partial charge in [-0.1, -0.05) is 32.4 Å². The molecule has 0 atom stereocenters. The first-order chi connectivity index (χ1) is 15.1. The van der Waals surface area contributed by atoms with Crippen molar-refractivity contribution in [2.24, 2.45) is 10.7 Å². The zero-order chi connectivity index (χ0) is 24.8. The molecule has 1 aromatic carbocycles. The summed E-state index contributed by atoms with van der Waals surface area (Å²) < 4.78 is 48.5. The number of amidine groups is 1. The van der Waals surface area contributed by atoms with E-state index in [0.29, 0.717) is 21.9 Å². The average molecular weight is 562 g/mol. The Labute approximate surface area is 205 Å². The lowest BCUT2D eigenvalue weighted by molar-refractivity contribution is -0.127. The fourth-order valence-corrected chi connectivity index (χ4v) is 4.62. The molecule has 0 aliphatic heterocycles. The van der Waals surface area contributed by atoms with Crippen LogP contribution < -0.4 is 10.2 Å². The number of halogens is 5. The van der Waals surface area contributed by atoms with Gasteiger partial charge < -0.3 is 10.2 Å². The van der Waals surface area contributed by atoms with E-state index in [4.69, 9.17) is 21.8 Å². The minimum atomic E-state index is -4.43. The van der Waals surface area contributed by atoms with E-state index in [0.717, 1.165) is 4.47 Å². The molecule has 3 aromatic rings. The summed E-state index contributed by atoms with van der Waals surface area (Å²) in [5.41, 5.74) is 7.14. The van der Waals surface area contributed by atoms with Gasteiger partial charge in [0.15, 0.2) is 0 Å². The number of nitrogens with two attached hydrogens (primary N) is 1. The molecule has 0 spiro atoms. The minimum absolute atomic E-state index is 0.0303. The van der Waals surface area contributed by atoms with E-state index < -0.39 is 20.9 Å². The lowest BCUT2D eigenvalue weighted by atomic mass is 10.1. The van der Waals surface area contributed by atoms with Crippen LogP contribution in [-0.4, -0.2) is 29.9 Å². The van der Waals surface area contributed by atoms with E-state index in [9.17, 15) is 13.2 Å². The first kappa shape index (κ1) is 25.6. The molecule has 178 valence electrons. The molecule has 0 radical (unpaired) electrons. The fourth-order valence-electron chi connectivity index (χ4n) is 2.90. The van der Waals surface area contributed by atoms with Gasteiger partial charge in [0.25, 0.3) is 0 Å². The van der Waals surface area contributed by atoms with E-state index in [1.54, 1.807) is 22.8 Å². The largest absolute Gasteiger partial charge is 0.543 e. The van der Waals surface area contributed by atoms with Crippen LogP contribution in [0.2, 0.25) is 23.2 Å². The smallest absolute Gasteiger partial charge is 0.393 e. The van der Waals surface area contributed by atoms with Crippen molar-refractivity contribution >= 4 is 52.9 Å². The van der Waals surface area contributed by atoms with Crippen LogP contribution in [0, 0.1) is 0 Å².